The molecule has 0 aromatic heterocycles. The molecule has 0 radical (unpaired) electrons. The van der Waals surface area contributed by atoms with Gasteiger partial charge in [-0.1, -0.05) is 49.2 Å². The molecule has 4 rings (SSSR count). The van der Waals surface area contributed by atoms with Crippen LogP contribution in [0, 0.1) is 5.41 Å². The van der Waals surface area contributed by atoms with Crippen LogP contribution in [0.5, 0.6) is 5.75 Å². The fourth-order valence-corrected chi connectivity index (χ4v) is 4.82. The number of hydrogen-bond donors (Lipinski definition) is 1. The zero-order chi connectivity index (χ0) is 23.4. The standard InChI is InChI=1S/C26H33Cl2N3O2/c1-26(2)11-10-19-8-9-20(18-22(19)29-25(26)32)33-17-4-3-12-30-13-15-31(16-14-30)23-7-5-6-21(27)24(23)28/h5-9,18H,3-4,10-17H2,1-2H3,(H,29,32). The third kappa shape index (κ3) is 5.95. The number of nitrogens with zero attached hydrogens (tertiary/aromatic N) is 2. The summed E-state index contributed by atoms with van der Waals surface area (Å²) >= 11 is 12.5. The molecule has 1 N–H and O–H groups in total. The number of ether oxygens (including phenoxy) is 1. The average Bonchev–Trinajstić information content (AvgIpc) is 2.91. The van der Waals surface area contributed by atoms with Gasteiger partial charge in [-0.2, -0.15) is 0 Å². The molecule has 2 heterocycles. The SMILES string of the molecule is CC1(C)CCc2ccc(OCCCCN3CCN(c4cccc(Cl)c4Cl)CC3)cc2NC1=O. The number of piperazine rings is 1. The molecule has 2 aromatic rings. The van der Waals surface area contributed by atoms with Crippen LogP contribution < -0.4 is 15.0 Å². The predicted octanol–water partition coefficient (Wildman–Crippen LogP) is 5.89. The molecule has 2 aromatic carbocycles. The highest BCUT2D eigenvalue weighted by molar-refractivity contribution is 6.43. The lowest BCUT2D eigenvalue weighted by Crippen LogP contribution is -2.46. The van der Waals surface area contributed by atoms with E-state index in [1.54, 1.807) is 0 Å². The van der Waals surface area contributed by atoms with E-state index in [0.717, 1.165) is 75.5 Å². The van der Waals surface area contributed by atoms with Crippen LogP contribution in [0.1, 0.15) is 38.7 Å². The predicted molar refractivity (Wildman–Crippen MR) is 137 cm³/mol. The van der Waals surface area contributed by atoms with Crippen molar-refractivity contribution in [3.8, 4) is 5.75 Å². The highest BCUT2D eigenvalue weighted by atomic mass is 35.5. The van der Waals surface area contributed by atoms with Crippen molar-refractivity contribution in [1.29, 1.82) is 0 Å². The van der Waals surface area contributed by atoms with Crippen molar-refractivity contribution >= 4 is 40.5 Å². The van der Waals surface area contributed by atoms with Gasteiger partial charge in [-0.3, -0.25) is 9.69 Å². The highest BCUT2D eigenvalue weighted by Gasteiger charge is 2.30. The van der Waals surface area contributed by atoms with E-state index in [2.05, 4.69) is 21.2 Å². The summed E-state index contributed by atoms with van der Waals surface area (Å²) in [4.78, 5) is 17.2. The third-order valence-electron chi connectivity index (χ3n) is 6.75. The number of hydrogen-bond acceptors (Lipinski definition) is 4. The molecule has 0 spiro atoms. The van der Waals surface area contributed by atoms with Crippen LogP contribution in [0.2, 0.25) is 10.0 Å². The number of fused-ring (bicyclic) bond motifs is 1. The number of anilines is 2. The lowest BCUT2D eigenvalue weighted by molar-refractivity contribution is -0.124. The molecule has 1 fully saturated rings. The Bertz CT molecular complexity index is 987. The molecule has 5 nitrogen and oxygen atoms in total. The largest absolute Gasteiger partial charge is 0.494 e. The van der Waals surface area contributed by atoms with Crippen molar-refractivity contribution < 1.29 is 9.53 Å². The Hall–Kier alpha value is -1.95. The topological polar surface area (TPSA) is 44.8 Å². The van der Waals surface area contributed by atoms with Gasteiger partial charge in [-0.05, 0) is 56.0 Å². The van der Waals surface area contributed by atoms with Crippen molar-refractivity contribution in [2.24, 2.45) is 5.41 Å². The zero-order valence-electron chi connectivity index (χ0n) is 19.5. The van der Waals surface area contributed by atoms with Gasteiger partial charge in [-0.25, -0.2) is 0 Å². The quantitative estimate of drug-likeness (QED) is 0.492. The molecule has 0 saturated carbocycles. The Morgan fingerprint density at radius 1 is 1.06 bits per heavy atom. The van der Waals surface area contributed by atoms with Crippen LogP contribution in [-0.4, -0.2) is 50.1 Å². The first kappa shape index (κ1) is 24.2. The minimum absolute atomic E-state index is 0.0798. The lowest BCUT2D eigenvalue weighted by atomic mass is 9.87. The van der Waals surface area contributed by atoms with E-state index in [1.807, 2.05) is 44.2 Å². The van der Waals surface area contributed by atoms with Crippen LogP contribution in [0.4, 0.5) is 11.4 Å². The molecule has 0 unspecified atom stereocenters. The van der Waals surface area contributed by atoms with Gasteiger partial charge in [0, 0.05) is 43.3 Å². The first-order valence-corrected chi connectivity index (χ1v) is 12.6. The number of benzene rings is 2. The Labute approximate surface area is 207 Å². The number of amides is 1. The molecule has 1 amide bonds. The lowest BCUT2D eigenvalue weighted by Gasteiger charge is -2.36. The first-order valence-electron chi connectivity index (χ1n) is 11.8. The Morgan fingerprint density at radius 3 is 2.64 bits per heavy atom. The van der Waals surface area contributed by atoms with E-state index in [1.165, 1.54) is 5.56 Å². The molecule has 0 bridgehead atoms. The van der Waals surface area contributed by atoms with E-state index < -0.39 is 0 Å². The maximum Gasteiger partial charge on any atom is 0.230 e. The normalized spacial score (nSPS) is 18.4. The summed E-state index contributed by atoms with van der Waals surface area (Å²) in [5.74, 6) is 0.900. The van der Waals surface area contributed by atoms with Crippen LogP contribution in [0.3, 0.4) is 0 Å². The van der Waals surface area contributed by atoms with Crippen molar-refractivity contribution in [2.45, 2.75) is 39.5 Å². The molecular weight excluding hydrogens is 457 g/mol. The molecule has 178 valence electrons. The van der Waals surface area contributed by atoms with Crippen LogP contribution in [-0.2, 0) is 11.2 Å². The minimum Gasteiger partial charge on any atom is -0.494 e. The molecule has 2 aliphatic rings. The number of unbranched alkanes of at least 4 members (excludes halogenated alkanes) is 1. The number of aryl methyl sites for hydroxylation is 1. The molecular formula is C26H33Cl2N3O2. The summed E-state index contributed by atoms with van der Waals surface area (Å²) in [6.07, 6.45) is 3.84. The van der Waals surface area contributed by atoms with Gasteiger partial charge in [0.1, 0.15) is 5.75 Å². The number of rotatable bonds is 7. The summed E-state index contributed by atoms with van der Waals surface area (Å²) < 4.78 is 5.98. The van der Waals surface area contributed by atoms with Crippen LogP contribution >= 0.6 is 23.2 Å². The van der Waals surface area contributed by atoms with Gasteiger partial charge >= 0.3 is 0 Å². The van der Waals surface area contributed by atoms with Crippen molar-refractivity contribution in [1.82, 2.24) is 4.90 Å². The molecule has 33 heavy (non-hydrogen) atoms. The highest BCUT2D eigenvalue weighted by Crippen LogP contribution is 2.34. The molecule has 0 atom stereocenters. The number of carbonyl (C=O) groups is 1. The Kier molecular flexibility index (Phi) is 7.72. The summed E-state index contributed by atoms with van der Waals surface area (Å²) in [7, 11) is 0. The van der Waals surface area contributed by atoms with Crippen LogP contribution in [0.15, 0.2) is 36.4 Å². The summed E-state index contributed by atoms with van der Waals surface area (Å²) in [6.45, 7) is 9.68. The number of nitrogens with one attached hydrogen (secondary N) is 1. The van der Waals surface area contributed by atoms with Gasteiger partial charge in [0.05, 0.1) is 22.3 Å². The Balaban J connectivity index is 1.18. The maximum absolute atomic E-state index is 12.4. The van der Waals surface area contributed by atoms with E-state index in [0.29, 0.717) is 16.7 Å². The van der Waals surface area contributed by atoms with Gasteiger partial charge < -0.3 is 15.0 Å². The van der Waals surface area contributed by atoms with Gasteiger partial charge in [0.25, 0.3) is 0 Å². The first-order chi connectivity index (χ1) is 15.8. The monoisotopic (exact) mass is 489 g/mol. The summed E-state index contributed by atoms with van der Waals surface area (Å²) in [5.41, 5.74) is 2.75. The Morgan fingerprint density at radius 2 is 1.85 bits per heavy atom. The van der Waals surface area contributed by atoms with E-state index in [4.69, 9.17) is 27.9 Å². The molecule has 1 saturated heterocycles. The van der Waals surface area contributed by atoms with E-state index in [9.17, 15) is 4.79 Å². The van der Waals surface area contributed by atoms with Crippen molar-refractivity contribution in [3.63, 3.8) is 0 Å². The van der Waals surface area contributed by atoms with E-state index >= 15 is 0 Å². The fraction of sp³-hybridized carbons (Fsp3) is 0.500. The van der Waals surface area contributed by atoms with Gasteiger partial charge in [0.2, 0.25) is 5.91 Å². The third-order valence-corrected chi connectivity index (χ3v) is 7.55. The second kappa shape index (κ2) is 10.5. The minimum atomic E-state index is -0.341. The van der Waals surface area contributed by atoms with Crippen LogP contribution in [0.25, 0.3) is 0 Å². The average molecular weight is 490 g/mol. The molecule has 2 aliphatic heterocycles. The van der Waals surface area contributed by atoms with Crippen molar-refractivity contribution in [2.75, 3.05) is 49.5 Å². The van der Waals surface area contributed by atoms with Gasteiger partial charge in [-0.15, -0.1) is 0 Å². The molecule has 7 heteroatoms. The number of carbonyl (C=O) groups excluding carboxylic acids is 1. The summed E-state index contributed by atoms with van der Waals surface area (Å²) in [6, 6.07) is 11.9. The second-order valence-electron chi connectivity index (χ2n) is 9.61. The van der Waals surface area contributed by atoms with Gasteiger partial charge in [0.15, 0.2) is 0 Å². The number of halogens is 2. The molecule has 0 aliphatic carbocycles. The van der Waals surface area contributed by atoms with Crippen molar-refractivity contribution in [3.05, 3.63) is 52.0 Å². The van der Waals surface area contributed by atoms with E-state index in [-0.39, 0.29) is 11.3 Å². The second-order valence-corrected chi connectivity index (χ2v) is 10.4. The zero-order valence-corrected chi connectivity index (χ0v) is 21.0. The summed E-state index contributed by atoms with van der Waals surface area (Å²) in [5, 5.41) is 4.33. The smallest absolute Gasteiger partial charge is 0.230 e. The fourth-order valence-electron chi connectivity index (χ4n) is 4.41. The maximum atomic E-state index is 12.4.